The number of hydrogen-bond donors (Lipinski definition) is 2. The zero-order valence-electron chi connectivity index (χ0n) is 10.6. The number of benzene rings is 1. The van der Waals surface area contributed by atoms with Gasteiger partial charge in [0.15, 0.2) is 0 Å². The molecule has 0 bridgehead atoms. The summed E-state index contributed by atoms with van der Waals surface area (Å²) < 4.78 is 39.4. The number of rotatable bonds is 4. The summed E-state index contributed by atoms with van der Waals surface area (Å²) in [5, 5.41) is 11.9. The summed E-state index contributed by atoms with van der Waals surface area (Å²) in [6.45, 7) is 1.42. The van der Waals surface area contributed by atoms with E-state index in [1.165, 1.54) is 19.1 Å². The molecule has 2 rings (SSSR count). The third-order valence-electron chi connectivity index (χ3n) is 3.52. The fraction of sp³-hybridized carbons (Fsp3) is 0.462. The predicted octanol–water partition coefficient (Wildman–Crippen LogP) is 4.13. The van der Waals surface area contributed by atoms with Gasteiger partial charge >= 0.3 is 12.1 Å². The molecule has 0 spiro atoms. The highest BCUT2D eigenvalue weighted by molar-refractivity contribution is 9.10. The van der Waals surface area contributed by atoms with Gasteiger partial charge in [-0.2, -0.15) is 13.2 Å². The highest BCUT2D eigenvalue weighted by Crippen LogP contribution is 2.44. The van der Waals surface area contributed by atoms with Gasteiger partial charge in [-0.25, -0.2) is 4.79 Å². The second-order valence-electron chi connectivity index (χ2n) is 5.09. The van der Waals surface area contributed by atoms with Crippen LogP contribution in [0.4, 0.5) is 18.9 Å². The van der Waals surface area contributed by atoms with E-state index < -0.39 is 23.2 Å². The lowest BCUT2D eigenvalue weighted by molar-refractivity contribution is -0.143. The monoisotopic (exact) mass is 351 g/mol. The van der Waals surface area contributed by atoms with E-state index in [2.05, 4.69) is 21.2 Å². The second-order valence-corrected chi connectivity index (χ2v) is 6.01. The first-order valence-electron chi connectivity index (χ1n) is 6.03. The first-order chi connectivity index (χ1) is 9.14. The molecule has 1 fully saturated rings. The summed E-state index contributed by atoms with van der Waals surface area (Å²) in [4.78, 5) is 11.4. The Morgan fingerprint density at radius 2 is 2.00 bits per heavy atom. The Morgan fingerprint density at radius 3 is 2.45 bits per heavy atom. The van der Waals surface area contributed by atoms with Crippen LogP contribution in [-0.2, 0) is 11.0 Å². The van der Waals surface area contributed by atoms with Crippen molar-refractivity contribution < 1.29 is 23.1 Å². The Morgan fingerprint density at radius 1 is 1.40 bits per heavy atom. The maximum Gasteiger partial charge on any atom is 0.418 e. The van der Waals surface area contributed by atoms with Crippen LogP contribution < -0.4 is 5.32 Å². The molecule has 7 heteroatoms. The minimum Gasteiger partial charge on any atom is -0.480 e. The van der Waals surface area contributed by atoms with Gasteiger partial charge in [0.1, 0.15) is 5.54 Å². The number of carboxylic acids is 1. The Hall–Kier alpha value is -1.24. The summed E-state index contributed by atoms with van der Waals surface area (Å²) >= 11 is 3.11. The van der Waals surface area contributed by atoms with Gasteiger partial charge in [0.25, 0.3) is 0 Å². The number of carboxylic acid groups (broad SMARTS) is 1. The van der Waals surface area contributed by atoms with E-state index in [9.17, 15) is 23.1 Å². The third kappa shape index (κ3) is 2.92. The molecule has 0 saturated heterocycles. The van der Waals surface area contributed by atoms with Gasteiger partial charge in [0.05, 0.1) is 5.56 Å². The highest BCUT2D eigenvalue weighted by atomic mass is 79.9. The van der Waals surface area contributed by atoms with E-state index in [0.717, 1.165) is 6.07 Å². The zero-order valence-corrected chi connectivity index (χ0v) is 12.2. The quantitative estimate of drug-likeness (QED) is 0.857. The predicted molar refractivity (Wildman–Crippen MR) is 71.5 cm³/mol. The number of hydrogen-bond acceptors (Lipinski definition) is 2. The SMILES string of the molecule is CC(Nc1cc(Br)ccc1C(F)(F)F)(C(=O)O)C1CC1. The van der Waals surface area contributed by atoms with Crippen molar-refractivity contribution in [2.24, 2.45) is 5.92 Å². The second kappa shape index (κ2) is 4.95. The standard InChI is InChI=1S/C13H13BrF3NO2/c1-12(11(19)20,7-2-3-7)18-10-6-8(14)4-5-9(10)13(15,16)17/h4-7,18H,2-3H2,1H3,(H,19,20). The van der Waals surface area contributed by atoms with Gasteiger partial charge in [-0.05, 0) is 43.9 Å². The van der Waals surface area contributed by atoms with Crippen molar-refractivity contribution in [3.05, 3.63) is 28.2 Å². The van der Waals surface area contributed by atoms with Crippen molar-refractivity contribution in [3.63, 3.8) is 0 Å². The Labute approximate surface area is 122 Å². The average Bonchev–Trinajstić information content (AvgIpc) is 3.10. The topological polar surface area (TPSA) is 49.3 Å². The van der Waals surface area contributed by atoms with Crippen molar-refractivity contribution >= 4 is 27.6 Å². The molecule has 0 aromatic heterocycles. The molecule has 2 N–H and O–H groups in total. The molecule has 0 heterocycles. The molecule has 20 heavy (non-hydrogen) atoms. The van der Waals surface area contributed by atoms with Crippen LogP contribution in [0.15, 0.2) is 22.7 Å². The zero-order chi connectivity index (χ0) is 15.1. The molecule has 1 saturated carbocycles. The summed E-state index contributed by atoms with van der Waals surface area (Å²) in [5.41, 5.74) is -2.47. The molecule has 1 aromatic carbocycles. The Bertz CT molecular complexity index is 543. The molecular weight excluding hydrogens is 339 g/mol. The summed E-state index contributed by atoms with van der Waals surface area (Å²) in [6.07, 6.45) is -3.14. The fourth-order valence-electron chi connectivity index (χ4n) is 2.14. The fourth-order valence-corrected chi connectivity index (χ4v) is 2.50. The van der Waals surface area contributed by atoms with Crippen LogP contribution in [-0.4, -0.2) is 16.6 Å². The van der Waals surface area contributed by atoms with Crippen molar-refractivity contribution in [2.45, 2.75) is 31.5 Å². The molecule has 1 atom stereocenters. The summed E-state index contributed by atoms with van der Waals surface area (Å²) in [7, 11) is 0. The smallest absolute Gasteiger partial charge is 0.418 e. The summed E-state index contributed by atoms with van der Waals surface area (Å²) in [6, 6.07) is 3.47. The molecule has 1 aliphatic carbocycles. The Balaban J connectivity index is 2.41. The van der Waals surface area contributed by atoms with Gasteiger partial charge in [-0.15, -0.1) is 0 Å². The maximum absolute atomic E-state index is 13.0. The number of halogens is 4. The minimum atomic E-state index is -4.54. The lowest BCUT2D eigenvalue weighted by Gasteiger charge is -2.29. The largest absolute Gasteiger partial charge is 0.480 e. The van der Waals surface area contributed by atoms with E-state index in [1.807, 2.05) is 0 Å². The van der Waals surface area contributed by atoms with E-state index in [1.54, 1.807) is 0 Å². The van der Waals surface area contributed by atoms with Crippen LogP contribution >= 0.6 is 15.9 Å². The number of aliphatic carboxylic acids is 1. The molecule has 1 unspecified atom stereocenters. The van der Waals surface area contributed by atoms with E-state index in [-0.39, 0.29) is 11.6 Å². The normalized spacial score (nSPS) is 18.4. The Kier molecular flexibility index (Phi) is 3.75. The number of anilines is 1. The van der Waals surface area contributed by atoms with Crippen molar-refractivity contribution in [2.75, 3.05) is 5.32 Å². The number of carbonyl (C=O) groups is 1. The van der Waals surface area contributed by atoms with Gasteiger partial charge in [-0.1, -0.05) is 15.9 Å². The molecule has 3 nitrogen and oxygen atoms in total. The molecule has 0 amide bonds. The highest BCUT2D eigenvalue weighted by Gasteiger charge is 2.48. The van der Waals surface area contributed by atoms with Crippen LogP contribution in [0, 0.1) is 5.92 Å². The van der Waals surface area contributed by atoms with Gasteiger partial charge < -0.3 is 10.4 Å². The average molecular weight is 352 g/mol. The number of alkyl halides is 3. The maximum atomic E-state index is 13.0. The van der Waals surface area contributed by atoms with Crippen molar-refractivity contribution in [1.29, 1.82) is 0 Å². The van der Waals surface area contributed by atoms with Crippen molar-refractivity contribution in [1.82, 2.24) is 0 Å². The van der Waals surface area contributed by atoms with Gasteiger partial charge in [-0.3, -0.25) is 0 Å². The van der Waals surface area contributed by atoms with Gasteiger partial charge in [0.2, 0.25) is 0 Å². The number of nitrogens with one attached hydrogen (secondary N) is 1. The minimum absolute atomic E-state index is 0.153. The van der Waals surface area contributed by atoms with E-state index in [0.29, 0.717) is 17.3 Å². The first kappa shape index (κ1) is 15.2. The van der Waals surface area contributed by atoms with E-state index >= 15 is 0 Å². The van der Waals surface area contributed by atoms with Crippen LogP contribution in [0.2, 0.25) is 0 Å². The molecular formula is C13H13BrF3NO2. The van der Waals surface area contributed by atoms with Crippen LogP contribution in [0.3, 0.4) is 0 Å². The van der Waals surface area contributed by atoms with Crippen LogP contribution in [0.25, 0.3) is 0 Å². The lowest BCUT2D eigenvalue weighted by Crippen LogP contribution is -2.46. The molecule has 1 aliphatic rings. The molecule has 0 aliphatic heterocycles. The van der Waals surface area contributed by atoms with Crippen molar-refractivity contribution in [3.8, 4) is 0 Å². The molecule has 110 valence electrons. The first-order valence-corrected chi connectivity index (χ1v) is 6.82. The van der Waals surface area contributed by atoms with Crippen LogP contribution in [0.1, 0.15) is 25.3 Å². The third-order valence-corrected chi connectivity index (χ3v) is 4.01. The summed E-state index contributed by atoms with van der Waals surface area (Å²) in [5.74, 6) is -1.30. The van der Waals surface area contributed by atoms with E-state index in [4.69, 9.17) is 0 Å². The molecule has 0 radical (unpaired) electrons. The molecule has 1 aromatic rings. The lowest BCUT2D eigenvalue weighted by atomic mass is 9.95. The van der Waals surface area contributed by atoms with Crippen LogP contribution in [0.5, 0.6) is 0 Å². The van der Waals surface area contributed by atoms with Gasteiger partial charge in [0, 0.05) is 10.2 Å².